The van der Waals surface area contributed by atoms with Crippen molar-refractivity contribution in [2.24, 2.45) is 5.73 Å². The van der Waals surface area contributed by atoms with Gasteiger partial charge in [-0.1, -0.05) is 29.3 Å². The first-order valence-corrected chi connectivity index (χ1v) is 7.62. The normalized spacial score (nSPS) is 12.6. The molecule has 21 heavy (non-hydrogen) atoms. The largest absolute Gasteiger partial charge is 0.329 e. The molecule has 2 rings (SSSR count). The van der Waals surface area contributed by atoms with Gasteiger partial charge >= 0.3 is 0 Å². The molecule has 1 aromatic heterocycles. The van der Waals surface area contributed by atoms with Crippen LogP contribution in [0.25, 0.3) is 0 Å². The Kier molecular flexibility index (Phi) is 6.00. The number of benzene rings is 1. The van der Waals surface area contributed by atoms with Gasteiger partial charge in [-0.3, -0.25) is 9.88 Å². The lowest BCUT2D eigenvalue weighted by Gasteiger charge is -2.27. The van der Waals surface area contributed by atoms with Crippen LogP contribution in [0.1, 0.15) is 17.3 Å². The summed E-state index contributed by atoms with van der Waals surface area (Å²) >= 11 is 12.2. The maximum atomic E-state index is 6.08. The van der Waals surface area contributed by atoms with E-state index in [1.54, 1.807) is 6.07 Å². The molecule has 0 saturated heterocycles. The lowest BCUT2D eigenvalue weighted by Crippen LogP contribution is -2.32. The van der Waals surface area contributed by atoms with E-state index in [9.17, 15) is 0 Å². The van der Waals surface area contributed by atoms with Crippen LogP contribution in [0.2, 0.25) is 10.0 Å². The van der Waals surface area contributed by atoms with E-state index in [4.69, 9.17) is 28.9 Å². The maximum absolute atomic E-state index is 6.08. The van der Waals surface area contributed by atoms with Crippen molar-refractivity contribution in [1.82, 2.24) is 9.88 Å². The molecule has 1 unspecified atom stereocenters. The van der Waals surface area contributed by atoms with Gasteiger partial charge in [0.1, 0.15) is 0 Å². The summed E-state index contributed by atoms with van der Waals surface area (Å²) in [5.74, 6) is 0. The molecule has 0 amide bonds. The third-order valence-electron chi connectivity index (χ3n) is 3.47. The summed E-state index contributed by atoms with van der Waals surface area (Å²) in [4.78, 5) is 6.54. The molecule has 112 valence electrons. The highest BCUT2D eigenvalue weighted by Gasteiger charge is 2.16. The predicted octanol–water partition coefficient (Wildman–Crippen LogP) is 3.56. The Labute approximate surface area is 135 Å². The highest BCUT2D eigenvalue weighted by Crippen LogP contribution is 2.26. The van der Waals surface area contributed by atoms with E-state index in [1.165, 1.54) is 0 Å². The molecule has 2 N–H and O–H groups in total. The molecule has 5 heteroatoms. The molecule has 0 aliphatic carbocycles. The monoisotopic (exact) mass is 323 g/mol. The quantitative estimate of drug-likeness (QED) is 0.883. The fourth-order valence-electron chi connectivity index (χ4n) is 2.33. The molecule has 0 aliphatic rings. The van der Waals surface area contributed by atoms with E-state index < -0.39 is 0 Å². The van der Waals surface area contributed by atoms with Gasteiger partial charge in [0.25, 0.3) is 0 Å². The zero-order valence-electron chi connectivity index (χ0n) is 12.0. The number of rotatable bonds is 6. The topological polar surface area (TPSA) is 42.2 Å². The van der Waals surface area contributed by atoms with Gasteiger partial charge in [-0.05, 0) is 42.9 Å². The van der Waals surface area contributed by atoms with Gasteiger partial charge < -0.3 is 5.73 Å². The Hall–Kier alpha value is -1.13. The van der Waals surface area contributed by atoms with Gasteiger partial charge in [0.2, 0.25) is 0 Å². The van der Waals surface area contributed by atoms with Crippen LogP contribution in [0, 0.1) is 0 Å². The molecule has 1 aromatic carbocycles. The van der Waals surface area contributed by atoms with Crippen molar-refractivity contribution in [1.29, 1.82) is 0 Å². The van der Waals surface area contributed by atoms with E-state index in [0.29, 0.717) is 16.6 Å². The Bertz CT molecular complexity index is 555. The fraction of sp³-hybridized carbons (Fsp3) is 0.312. The third-order valence-corrected chi connectivity index (χ3v) is 3.91. The number of nitrogens with zero attached hydrogens (tertiary/aromatic N) is 2. The first-order chi connectivity index (χ1) is 10.1. The van der Waals surface area contributed by atoms with Gasteiger partial charge in [0, 0.05) is 47.5 Å². The van der Waals surface area contributed by atoms with Crippen LogP contribution >= 0.6 is 23.2 Å². The van der Waals surface area contributed by atoms with Crippen molar-refractivity contribution in [3.63, 3.8) is 0 Å². The van der Waals surface area contributed by atoms with E-state index in [1.807, 2.05) is 36.5 Å². The SMILES string of the molecule is CN(CCc1ccccn1)C(CN)c1cc(Cl)cc(Cl)c1. The molecule has 0 radical (unpaired) electrons. The van der Waals surface area contributed by atoms with Crippen LogP contribution in [-0.4, -0.2) is 30.0 Å². The number of likely N-dealkylation sites (N-methyl/N-ethyl adjacent to an activating group) is 1. The van der Waals surface area contributed by atoms with E-state index in [-0.39, 0.29) is 6.04 Å². The van der Waals surface area contributed by atoms with Gasteiger partial charge in [-0.25, -0.2) is 0 Å². The van der Waals surface area contributed by atoms with Crippen LogP contribution in [-0.2, 0) is 6.42 Å². The first kappa shape index (κ1) is 16.2. The van der Waals surface area contributed by atoms with Crippen LogP contribution < -0.4 is 5.73 Å². The van der Waals surface area contributed by atoms with Gasteiger partial charge in [-0.15, -0.1) is 0 Å². The predicted molar refractivity (Wildman–Crippen MR) is 88.8 cm³/mol. The molecule has 0 fully saturated rings. The Balaban J connectivity index is 2.06. The molecular weight excluding hydrogens is 305 g/mol. The van der Waals surface area contributed by atoms with Gasteiger partial charge in [0.15, 0.2) is 0 Å². The van der Waals surface area contributed by atoms with Crippen molar-refractivity contribution in [2.75, 3.05) is 20.1 Å². The van der Waals surface area contributed by atoms with Crippen LogP contribution in [0.3, 0.4) is 0 Å². The summed E-state index contributed by atoms with van der Waals surface area (Å²) < 4.78 is 0. The molecule has 0 spiro atoms. The summed E-state index contributed by atoms with van der Waals surface area (Å²) in [7, 11) is 2.05. The minimum Gasteiger partial charge on any atom is -0.329 e. The van der Waals surface area contributed by atoms with Crippen molar-refractivity contribution in [3.8, 4) is 0 Å². The average molecular weight is 324 g/mol. The molecule has 2 aromatic rings. The Morgan fingerprint density at radius 3 is 2.48 bits per heavy atom. The minimum absolute atomic E-state index is 0.0879. The van der Waals surface area contributed by atoms with Crippen molar-refractivity contribution in [3.05, 3.63) is 63.9 Å². The number of nitrogens with two attached hydrogens (primary N) is 1. The maximum Gasteiger partial charge on any atom is 0.0468 e. The minimum atomic E-state index is 0.0879. The van der Waals surface area contributed by atoms with Crippen LogP contribution in [0.15, 0.2) is 42.6 Å². The summed E-state index contributed by atoms with van der Waals surface area (Å²) in [5.41, 5.74) is 8.05. The molecule has 0 aliphatic heterocycles. The van der Waals surface area contributed by atoms with Crippen molar-refractivity contribution in [2.45, 2.75) is 12.5 Å². The van der Waals surface area contributed by atoms with Crippen molar-refractivity contribution >= 4 is 23.2 Å². The van der Waals surface area contributed by atoms with Crippen LogP contribution in [0.4, 0.5) is 0 Å². The average Bonchev–Trinajstić information content (AvgIpc) is 2.46. The summed E-state index contributed by atoms with van der Waals surface area (Å²) in [6.07, 6.45) is 2.69. The lowest BCUT2D eigenvalue weighted by molar-refractivity contribution is 0.252. The first-order valence-electron chi connectivity index (χ1n) is 6.86. The third kappa shape index (κ3) is 4.68. The second kappa shape index (κ2) is 7.76. The Morgan fingerprint density at radius 1 is 1.19 bits per heavy atom. The second-order valence-corrected chi connectivity index (χ2v) is 5.88. The number of halogens is 2. The highest BCUT2D eigenvalue weighted by molar-refractivity contribution is 6.34. The molecule has 0 saturated carbocycles. The molecule has 1 heterocycles. The Morgan fingerprint density at radius 2 is 1.90 bits per heavy atom. The molecule has 3 nitrogen and oxygen atoms in total. The smallest absolute Gasteiger partial charge is 0.0468 e. The number of hydrogen-bond donors (Lipinski definition) is 1. The number of pyridine rings is 1. The molecule has 0 bridgehead atoms. The number of hydrogen-bond acceptors (Lipinski definition) is 3. The fourth-order valence-corrected chi connectivity index (χ4v) is 2.87. The molecule has 1 atom stereocenters. The summed E-state index contributed by atoms with van der Waals surface area (Å²) in [6.45, 7) is 1.37. The van der Waals surface area contributed by atoms with Crippen LogP contribution in [0.5, 0.6) is 0 Å². The zero-order valence-corrected chi connectivity index (χ0v) is 13.5. The lowest BCUT2D eigenvalue weighted by atomic mass is 10.1. The summed E-state index contributed by atoms with van der Waals surface area (Å²) in [6, 6.07) is 11.6. The summed E-state index contributed by atoms with van der Waals surface area (Å²) in [5, 5.41) is 1.27. The van der Waals surface area contributed by atoms with Gasteiger partial charge in [0.05, 0.1) is 0 Å². The highest BCUT2D eigenvalue weighted by atomic mass is 35.5. The standard InChI is InChI=1S/C16H19Cl2N3/c1-21(7-5-15-4-2-3-6-20-15)16(11-19)12-8-13(17)10-14(18)9-12/h2-4,6,8-10,16H,5,7,11,19H2,1H3. The number of aromatic nitrogens is 1. The van der Waals surface area contributed by atoms with E-state index >= 15 is 0 Å². The molecular formula is C16H19Cl2N3. The zero-order chi connectivity index (χ0) is 15.2. The van der Waals surface area contributed by atoms with E-state index in [0.717, 1.165) is 24.2 Å². The van der Waals surface area contributed by atoms with Crippen molar-refractivity contribution < 1.29 is 0 Å². The second-order valence-electron chi connectivity index (χ2n) is 5.01. The van der Waals surface area contributed by atoms with E-state index in [2.05, 4.69) is 16.9 Å². The van der Waals surface area contributed by atoms with Gasteiger partial charge in [-0.2, -0.15) is 0 Å².